The van der Waals surface area contributed by atoms with Gasteiger partial charge in [0.25, 0.3) is 5.91 Å². The molecule has 2 aromatic rings. The number of hydrogen-bond acceptors (Lipinski definition) is 4. The first-order valence-corrected chi connectivity index (χ1v) is 10.3. The lowest BCUT2D eigenvalue weighted by molar-refractivity contribution is -0.137. The van der Waals surface area contributed by atoms with E-state index < -0.39 is 17.2 Å². The summed E-state index contributed by atoms with van der Waals surface area (Å²) in [5.41, 5.74) is -0.0964. The third-order valence-electron chi connectivity index (χ3n) is 5.07. The Morgan fingerprint density at radius 3 is 2.37 bits per heavy atom. The Morgan fingerprint density at radius 2 is 1.80 bits per heavy atom. The monoisotopic (exact) mass is 446 g/mol. The average Bonchev–Trinajstić information content (AvgIpc) is 2.88. The first-order chi connectivity index (χ1) is 14.0. The van der Waals surface area contributed by atoms with Crippen LogP contribution < -0.4 is 5.32 Å². The second kappa shape index (κ2) is 7.97. The number of hydrogen-bond donors (Lipinski definition) is 2. The first kappa shape index (κ1) is 22.2. The topological polar surface area (TPSA) is 69.6 Å². The SMILES string of the molecule is CNc1cc(Cl)ccc1C1(C=O)C(c2cccc(Cl)c2)=C(O)C(=O)N1CC(C)(C)C. The van der Waals surface area contributed by atoms with Gasteiger partial charge in [-0.1, -0.05) is 62.2 Å². The number of anilines is 1. The molecule has 1 atom stereocenters. The van der Waals surface area contributed by atoms with Crippen LogP contribution in [0.4, 0.5) is 5.69 Å². The van der Waals surface area contributed by atoms with Gasteiger partial charge in [-0.2, -0.15) is 0 Å². The molecule has 0 radical (unpaired) electrons. The standard InChI is InChI=1S/C23H24Cl2N2O3/c1-22(2,3)12-27-21(30)20(29)19(14-6-5-7-15(24)10-14)23(27,13-28)17-9-8-16(25)11-18(17)26-4/h5-11,13,26,29H,12H2,1-4H3. The lowest BCUT2D eigenvalue weighted by Gasteiger charge is -2.40. The third kappa shape index (κ3) is 3.68. The van der Waals surface area contributed by atoms with Crippen LogP contribution in [0.5, 0.6) is 0 Å². The zero-order chi connectivity index (χ0) is 22.3. The van der Waals surface area contributed by atoms with Gasteiger partial charge >= 0.3 is 0 Å². The van der Waals surface area contributed by atoms with E-state index in [1.165, 1.54) is 4.90 Å². The van der Waals surface area contributed by atoms with Crippen molar-refractivity contribution in [1.29, 1.82) is 0 Å². The molecule has 0 saturated carbocycles. The summed E-state index contributed by atoms with van der Waals surface area (Å²) in [5, 5.41) is 14.9. The Balaban J connectivity index is 2.40. The largest absolute Gasteiger partial charge is 0.503 e. The normalized spacial score (nSPS) is 19.4. The van der Waals surface area contributed by atoms with Gasteiger partial charge in [-0.25, -0.2) is 0 Å². The van der Waals surface area contributed by atoms with Crippen LogP contribution in [-0.2, 0) is 15.1 Å². The molecule has 1 amide bonds. The molecule has 3 rings (SSSR count). The first-order valence-electron chi connectivity index (χ1n) is 9.51. The molecule has 0 bridgehead atoms. The maximum Gasteiger partial charge on any atom is 0.290 e. The predicted molar refractivity (Wildman–Crippen MR) is 121 cm³/mol. The van der Waals surface area contributed by atoms with Gasteiger partial charge in [-0.05, 0) is 35.2 Å². The fourth-order valence-electron chi connectivity index (χ4n) is 3.90. The van der Waals surface area contributed by atoms with Crippen molar-refractivity contribution in [2.45, 2.75) is 26.3 Å². The second-order valence-corrected chi connectivity index (χ2v) is 9.38. The third-order valence-corrected chi connectivity index (χ3v) is 5.54. The van der Waals surface area contributed by atoms with Crippen LogP contribution >= 0.6 is 23.2 Å². The van der Waals surface area contributed by atoms with Crippen molar-refractivity contribution in [2.75, 3.05) is 18.9 Å². The van der Waals surface area contributed by atoms with E-state index in [4.69, 9.17) is 23.2 Å². The van der Waals surface area contributed by atoms with Crippen molar-refractivity contribution in [3.63, 3.8) is 0 Å². The molecule has 1 unspecified atom stereocenters. The summed E-state index contributed by atoms with van der Waals surface area (Å²) in [6.07, 6.45) is 0.709. The van der Waals surface area contributed by atoms with Crippen LogP contribution in [0.25, 0.3) is 5.57 Å². The zero-order valence-corrected chi connectivity index (χ0v) is 18.8. The van der Waals surface area contributed by atoms with E-state index in [1.54, 1.807) is 49.5 Å². The van der Waals surface area contributed by atoms with Gasteiger partial charge in [0, 0.05) is 40.5 Å². The molecular weight excluding hydrogens is 423 g/mol. The van der Waals surface area contributed by atoms with Crippen molar-refractivity contribution in [3.8, 4) is 0 Å². The Kier molecular flexibility index (Phi) is 5.89. The van der Waals surface area contributed by atoms with Crippen LogP contribution in [0.1, 0.15) is 31.9 Å². The molecule has 0 fully saturated rings. The Hall–Kier alpha value is -2.50. The highest BCUT2D eigenvalue weighted by Crippen LogP contribution is 2.50. The number of carbonyl (C=O) groups is 2. The van der Waals surface area contributed by atoms with Crippen molar-refractivity contribution in [3.05, 3.63) is 69.4 Å². The van der Waals surface area contributed by atoms with Gasteiger partial charge in [0.05, 0.1) is 0 Å². The molecule has 1 aliphatic rings. The average molecular weight is 447 g/mol. The maximum atomic E-state index is 13.2. The van der Waals surface area contributed by atoms with Crippen LogP contribution in [0.3, 0.4) is 0 Å². The van der Waals surface area contributed by atoms with E-state index in [2.05, 4.69) is 5.32 Å². The molecule has 0 aliphatic carbocycles. The summed E-state index contributed by atoms with van der Waals surface area (Å²) in [4.78, 5) is 27.6. The summed E-state index contributed by atoms with van der Waals surface area (Å²) in [6, 6.07) is 11.8. The minimum atomic E-state index is -1.55. The van der Waals surface area contributed by atoms with Gasteiger partial charge < -0.3 is 15.3 Å². The van der Waals surface area contributed by atoms with E-state index >= 15 is 0 Å². The summed E-state index contributed by atoms with van der Waals surface area (Å²) in [6.45, 7) is 6.13. The second-order valence-electron chi connectivity index (χ2n) is 8.51. The van der Waals surface area contributed by atoms with Crippen LogP contribution in [-0.4, -0.2) is 35.8 Å². The molecule has 5 nitrogen and oxygen atoms in total. The number of aliphatic hydroxyl groups is 1. The molecule has 1 heterocycles. The minimum absolute atomic E-state index is 0.202. The molecule has 1 aliphatic heterocycles. The molecular formula is C23H24Cl2N2O3. The number of halogens is 2. The molecule has 30 heavy (non-hydrogen) atoms. The maximum absolute atomic E-state index is 13.2. The quantitative estimate of drug-likeness (QED) is 0.612. The van der Waals surface area contributed by atoms with Crippen LogP contribution in [0, 0.1) is 5.41 Å². The van der Waals surface area contributed by atoms with E-state index in [9.17, 15) is 14.7 Å². The minimum Gasteiger partial charge on any atom is -0.503 e. The lowest BCUT2D eigenvalue weighted by atomic mass is 9.78. The summed E-state index contributed by atoms with van der Waals surface area (Å²) in [7, 11) is 1.71. The molecule has 0 spiro atoms. The highest BCUT2D eigenvalue weighted by Gasteiger charge is 2.55. The smallest absolute Gasteiger partial charge is 0.290 e. The number of aliphatic hydroxyl groups excluding tert-OH is 1. The zero-order valence-electron chi connectivity index (χ0n) is 17.3. The molecule has 158 valence electrons. The van der Waals surface area contributed by atoms with Gasteiger partial charge in [-0.15, -0.1) is 0 Å². The number of nitrogens with zero attached hydrogens (tertiary/aromatic N) is 1. The van der Waals surface area contributed by atoms with Crippen molar-refractivity contribution in [1.82, 2.24) is 4.90 Å². The highest BCUT2D eigenvalue weighted by molar-refractivity contribution is 6.31. The number of carbonyl (C=O) groups excluding carboxylic acids is 2. The van der Waals surface area contributed by atoms with Crippen molar-refractivity contribution < 1.29 is 14.7 Å². The van der Waals surface area contributed by atoms with Crippen molar-refractivity contribution in [2.24, 2.45) is 5.41 Å². The predicted octanol–water partition coefficient (Wildman–Crippen LogP) is 5.29. The fraction of sp³-hybridized carbons (Fsp3) is 0.304. The number of benzene rings is 2. The van der Waals surface area contributed by atoms with Crippen LogP contribution in [0.15, 0.2) is 48.2 Å². The molecule has 7 heteroatoms. The molecule has 0 aromatic heterocycles. The van der Waals surface area contributed by atoms with Gasteiger partial charge in [0.1, 0.15) is 0 Å². The van der Waals surface area contributed by atoms with Crippen molar-refractivity contribution >= 4 is 46.7 Å². The van der Waals surface area contributed by atoms with E-state index in [0.29, 0.717) is 33.1 Å². The van der Waals surface area contributed by atoms with Gasteiger partial charge in [0.15, 0.2) is 17.6 Å². The number of aldehydes is 1. The lowest BCUT2D eigenvalue weighted by Crippen LogP contribution is -2.50. The van der Waals surface area contributed by atoms with E-state index in [1.807, 2.05) is 20.8 Å². The number of rotatable bonds is 5. The fourth-order valence-corrected chi connectivity index (χ4v) is 4.27. The molecule has 2 N–H and O–H groups in total. The van der Waals surface area contributed by atoms with Crippen LogP contribution in [0.2, 0.25) is 10.0 Å². The summed E-state index contributed by atoms with van der Waals surface area (Å²) in [5.74, 6) is -1.07. The number of nitrogens with one attached hydrogen (secondary N) is 1. The Morgan fingerprint density at radius 1 is 1.13 bits per heavy atom. The van der Waals surface area contributed by atoms with Gasteiger partial charge in [0.2, 0.25) is 0 Å². The van der Waals surface area contributed by atoms with E-state index in [0.717, 1.165) is 0 Å². The highest BCUT2D eigenvalue weighted by atomic mass is 35.5. The summed E-state index contributed by atoms with van der Waals surface area (Å²) >= 11 is 12.4. The molecule has 0 saturated heterocycles. The molecule has 2 aromatic carbocycles. The summed E-state index contributed by atoms with van der Waals surface area (Å²) < 4.78 is 0. The Bertz CT molecular complexity index is 1040. The number of amides is 1. The Labute approximate surface area is 186 Å². The van der Waals surface area contributed by atoms with E-state index in [-0.39, 0.29) is 17.5 Å². The van der Waals surface area contributed by atoms with Gasteiger partial charge in [-0.3, -0.25) is 9.59 Å².